The van der Waals surface area contributed by atoms with E-state index in [9.17, 15) is 20.0 Å². The molecule has 0 aromatic heterocycles. The molecule has 0 aliphatic carbocycles. The van der Waals surface area contributed by atoms with E-state index >= 15 is 0 Å². The number of aromatic hydroxyl groups is 1. The molecule has 7 nitrogen and oxygen atoms in total. The van der Waals surface area contributed by atoms with Gasteiger partial charge in [-0.05, 0) is 50.5 Å². The van der Waals surface area contributed by atoms with Crippen molar-refractivity contribution in [1.82, 2.24) is 4.90 Å². The Morgan fingerprint density at radius 1 is 1.39 bits per heavy atom. The van der Waals surface area contributed by atoms with Crippen LogP contribution in [0.4, 0.5) is 10.5 Å². The average Bonchev–Trinajstić information content (AvgIpc) is 2.45. The lowest BCUT2D eigenvalue weighted by atomic mass is 9.99. The number of carbonyl (C=O) groups excluding carboxylic acids is 1. The molecule has 1 aromatic rings. The van der Waals surface area contributed by atoms with Gasteiger partial charge in [-0.25, -0.2) is 4.79 Å². The van der Waals surface area contributed by atoms with Crippen molar-refractivity contribution in [1.29, 1.82) is 0 Å². The Morgan fingerprint density at radius 3 is 2.57 bits per heavy atom. The van der Waals surface area contributed by atoms with Crippen LogP contribution < -0.4 is 0 Å². The molecule has 0 fully saturated rings. The molecule has 1 amide bonds. The van der Waals surface area contributed by atoms with Crippen LogP contribution in [0.1, 0.15) is 32.8 Å². The van der Waals surface area contributed by atoms with E-state index in [1.807, 2.05) is 26.8 Å². The van der Waals surface area contributed by atoms with Gasteiger partial charge in [-0.1, -0.05) is 6.08 Å². The molecule has 1 heterocycles. The van der Waals surface area contributed by atoms with Crippen LogP contribution in [0.25, 0.3) is 5.57 Å². The number of hydrogen-bond donors (Lipinski definition) is 1. The predicted octanol–water partition coefficient (Wildman–Crippen LogP) is 3.32. The molecule has 1 aliphatic rings. The van der Waals surface area contributed by atoms with E-state index < -0.39 is 10.5 Å². The minimum Gasteiger partial charge on any atom is -0.502 e. The van der Waals surface area contributed by atoms with Crippen LogP contribution in [-0.4, -0.2) is 39.7 Å². The third-order valence-electron chi connectivity index (χ3n) is 3.40. The fourth-order valence-corrected chi connectivity index (χ4v) is 2.30. The lowest BCUT2D eigenvalue weighted by Gasteiger charge is -2.29. The van der Waals surface area contributed by atoms with E-state index in [-0.39, 0.29) is 17.5 Å². The molecule has 7 heteroatoms. The van der Waals surface area contributed by atoms with Crippen molar-refractivity contribution < 1.29 is 19.6 Å². The first-order valence-electron chi connectivity index (χ1n) is 7.32. The van der Waals surface area contributed by atoms with Crippen LogP contribution in [0.3, 0.4) is 0 Å². The van der Waals surface area contributed by atoms with Gasteiger partial charge in [0.25, 0.3) is 0 Å². The number of nitrogens with zero attached hydrogens (tertiary/aromatic N) is 2. The van der Waals surface area contributed by atoms with Crippen molar-refractivity contribution >= 4 is 17.4 Å². The molecule has 0 spiro atoms. The highest BCUT2D eigenvalue weighted by Gasteiger charge is 2.24. The van der Waals surface area contributed by atoms with Gasteiger partial charge in [0.15, 0.2) is 5.75 Å². The number of phenolic OH excluding ortho intramolecular Hbond substituents is 1. The summed E-state index contributed by atoms with van der Waals surface area (Å²) in [5.41, 5.74) is 0.804. The van der Waals surface area contributed by atoms with Crippen LogP contribution in [0, 0.1) is 10.1 Å². The number of carbonyl (C=O) groups is 1. The first-order valence-corrected chi connectivity index (χ1v) is 7.32. The number of ether oxygens (including phenoxy) is 1. The Hall–Kier alpha value is -2.57. The van der Waals surface area contributed by atoms with Gasteiger partial charge in [-0.3, -0.25) is 10.1 Å². The van der Waals surface area contributed by atoms with Crippen LogP contribution in [0.15, 0.2) is 24.3 Å². The fourth-order valence-electron chi connectivity index (χ4n) is 2.30. The number of rotatable bonds is 2. The summed E-state index contributed by atoms with van der Waals surface area (Å²) in [6.07, 6.45) is 2.10. The van der Waals surface area contributed by atoms with Crippen LogP contribution in [0.2, 0.25) is 0 Å². The maximum absolute atomic E-state index is 12.0. The summed E-state index contributed by atoms with van der Waals surface area (Å²) in [4.78, 5) is 23.7. The number of amides is 1. The third-order valence-corrected chi connectivity index (χ3v) is 3.40. The molecular formula is C16H20N2O5. The third kappa shape index (κ3) is 4.21. The van der Waals surface area contributed by atoms with Crippen LogP contribution in [-0.2, 0) is 4.74 Å². The Balaban J connectivity index is 2.09. The molecule has 0 bridgehead atoms. The highest BCUT2D eigenvalue weighted by Crippen LogP contribution is 2.31. The molecular weight excluding hydrogens is 300 g/mol. The summed E-state index contributed by atoms with van der Waals surface area (Å²) in [6, 6.07) is 4.27. The molecule has 0 atom stereocenters. The SMILES string of the molecule is CC(C)(C)OC(=O)N1CC=C(c2ccc([N+](=O)[O-])c(O)c2)CC1. The molecule has 2 rings (SSSR count). The summed E-state index contributed by atoms with van der Waals surface area (Å²) >= 11 is 0. The van der Waals surface area contributed by atoms with Gasteiger partial charge in [-0.15, -0.1) is 0 Å². The van der Waals surface area contributed by atoms with Gasteiger partial charge in [0, 0.05) is 19.2 Å². The number of nitro groups is 1. The van der Waals surface area contributed by atoms with Crippen molar-refractivity contribution in [2.45, 2.75) is 32.8 Å². The zero-order valence-electron chi connectivity index (χ0n) is 13.4. The van der Waals surface area contributed by atoms with Gasteiger partial charge < -0.3 is 14.7 Å². The highest BCUT2D eigenvalue weighted by atomic mass is 16.6. The number of nitro benzene ring substituents is 1. The summed E-state index contributed by atoms with van der Waals surface area (Å²) < 4.78 is 5.32. The Bertz CT molecular complexity index is 661. The average molecular weight is 320 g/mol. The summed E-state index contributed by atoms with van der Waals surface area (Å²) in [5.74, 6) is -0.358. The van der Waals surface area contributed by atoms with E-state index in [0.29, 0.717) is 19.5 Å². The number of benzene rings is 1. The van der Waals surface area contributed by atoms with Crippen molar-refractivity contribution in [3.05, 3.63) is 40.0 Å². The fraction of sp³-hybridized carbons (Fsp3) is 0.438. The second-order valence-corrected chi connectivity index (χ2v) is 6.37. The molecule has 0 saturated heterocycles. The first kappa shape index (κ1) is 16.8. The maximum atomic E-state index is 12.0. The van der Waals surface area contributed by atoms with E-state index in [2.05, 4.69) is 0 Å². The summed E-state index contributed by atoms with van der Waals surface area (Å²) in [5, 5.41) is 20.4. The van der Waals surface area contributed by atoms with E-state index in [0.717, 1.165) is 11.1 Å². The largest absolute Gasteiger partial charge is 0.502 e. The van der Waals surface area contributed by atoms with Gasteiger partial charge in [0.05, 0.1) is 4.92 Å². The molecule has 0 unspecified atom stereocenters. The number of phenols is 1. The maximum Gasteiger partial charge on any atom is 0.410 e. The standard InChI is InChI=1S/C16H20N2O5/c1-16(2,3)23-15(20)17-8-6-11(7-9-17)12-4-5-13(18(21)22)14(19)10-12/h4-6,10,19H,7-9H2,1-3H3. The predicted molar refractivity (Wildman–Crippen MR) is 85.2 cm³/mol. The Labute approximate surface area is 134 Å². The molecule has 0 saturated carbocycles. The minimum atomic E-state index is -0.626. The van der Waals surface area contributed by atoms with Crippen molar-refractivity contribution in [2.75, 3.05) is 13.1 Å². The van der Waals surface area contributed by atoms with E-state index in [1.54, 1.807) is 11.0 Å². The van der Waals surface area contributed by atoms with Gasteiger partial charge in [0.1, 0.15) is 5.60 Å². The minimum absolute atomic E-state index is 0.319. The number of hydrogen-bond acceptors (Lipinski definition) is 5. The van der Waals surface area contributed by atoms with Crippen molar-refractivity contribution in [3.8, 4) is 5.75 Å². The van der Waals surface area contributed by atoms with Crippen LogP contribution in [0.5, 0.6) is 5.75 Å². The highest BCUT2D eigenvalue weighted by molar-refractivity contribution is 5.73. The molecule has 1 N–H and O–H groups in total. The van der Waals surface area contributed by atoms with Gasteiger partial charge in [0.2, 0.25) is 0 Å². The Kier molecular flexibility index (Phi) is 4.58. The molecule has 1 aliphatic heterocycles. The smallest absolute Gasteiger partial charge is 0.410 e. The van der Waals surface area contributed by atoms with Gasteiger partial charge >= 0.3 is 11.8 Å². The Morgan fingerprint density at radius 2 is 2.09 bits per heavy atom. The molecule has 124 valence electrons. The van der Waals surface area contributed by atoms with E-state index in [1.165, 1.54) is 12.1 Å². The lowest BCUT2D eigenvalue weighted by Crippen LogP contribution is -2.39. The summed E-state index contributed by atoms with van der Waals surface area (Å²) in [6.45, 7) is 6.35. The molecule has 0 radical (unpaired) electrons. The topological polar surface area (TPSA) is 92.9 Å². The van der Waals surface area contributed by atoms with Crippen molar-refractivity contribution in [3.63, 3.8) is 0 Å². The monoisotopic (exact) mass is 320 g/mol. The second-order valence-electron chi connectivity index (χ2n) is 6.37. The molecule has 1 aromatic carbocycles. The quantitative estimate of drug-likeness (QED) is 0.666. The normalized spacial score (nSPS) is 15.1. The van der Waals surface area contributed by atoms with Gasteiger partial charge in [-0.2, -0.15) is 0 Å². The zero-order chi connectivity index (χ0) is 17.2. The first-order chi connectivity index (χ1) is 10.7. The molecule has 23 heavy (non-hydrogen) atoms. The van der Waals surface area contributed by atoms with Crippen molar-refractivity contribution in [2.24, 2.45) is 0 Å². The second kappa shape index (κ2) is 6.28. The van der Waals surface area contributed by atoms with E-state index in [4.69, 9.17) is 4.74 Å². The lowest BCUT2D eigenvalue weighted by molar-refractivity contribution is -0.385. The summed E-state index contributed by atoms with van der Waals surface area (Å²) in [7, 11) is 0. The zero-order valence-corrected chi connectivity index (χ0v) is 13.4. The van der Waals surface area contributed by atoms with Crippen LogP contribution >= 0.6 is 0 Å².